The molecule has 3 aliphatic rings. The van der Waals surface area contributed by atoms with Gasteiger partial charge in [-0.2, -0.15) is 0 Å². The minimum absolute atomic E-state index is 0.0913. The average Bonchev–Trinajstić information content (AvgIpc) is 3.20. The first-order valence-electron chi connectivity index (χ1n) is 9.40. The molecule has 0 aromatic carbocycles. The van der Waals surface area contributed by atoms with E-state index in [4.69, 9.17) is 9.47 Å². The summed E-state index contributed by atoms with van der Waals surface area (Å²) in [6, 6.07) is 0.188. The molecule has 136 valence electrons. The molecule has 1 saturated carbocycles. The van der Waals surface area contributed by atoms with Gasteiger partial charge in [-0.05, 0) is 50.4 Å². The Labute approximate surface area is 144 Å². The molecule has 4 atom stereocenters. The molecule has 1 aliphatic carbocycles. The van der Waals surface area contributed by atoms with Gasteiger partial charge in [-0.1, -0.05) is 13.3 Å². The third-order valence-electron chi connectivity index (χ3n) is 6.13. The van der Waals surface area contributed by atoms with Crippen LogP contribution in [0.15, 0.2) is 0 Å². The van der Waals surface area contributed by atoms with Crippen molar-refractivity contribution in [1.29, 1.82) is 0 Å². The summed E-state index contributed by atoms with van der Waals surface area (Å²) in [5.74, 6) is 0.865. The lowest BCUT2D eigenvalue weighted by atomic mass is 9.90. The summed E-state index contributed by atoms with van der Waals surface area (Å²) in [7, 11) is 1.35. The number of carbonyl (C=O) groups excluding carboxylic acids is 2. The lowest BCUT2D eigenvalue weighted by Crippen LogP contribution is -2.56. The summed E-state index contributed by atoms with van der Waals surface area (Å²) < 4.78 is 10.2. The minimum atomic E-state index is -0.518. The van der Waals surface area contributed by atoms with E-state index in [1.54, 1.807) is 0 Å². The van der Waals surface area contributed by atoms with Crippen LogP contribution in [0.3, 0.4) is 0 Å². The molecule has 3 fully saturated rings. The molecule has 2 heterocycles. The highest BCUT2D eigenvalue weighted by Crippen LogP contribution is 2.42. The van der Waals surface area contributed by atoms with Crippen LogP contribution in [0.5, 0.6) is 0 Å². The standard InChI is InChI=1S/C18H30N2O4/c1-3-14-11-13-5-4-6-15(13)20(14)17(21)16(19-18(22)23-2)12-7-9-24-10-8-12/h12-16H,3-11H2,1-2H3,(H,19,22)/t13?,14?,15?,16-/m0/s1. The highest BCUT2D eigenvalue weighted by atomic mass is 16.5. The van der Waals surface area contributed by atoms with Crippen molar-refractivity contribution < 1.29 is 19.1 Å². The number of methoxy groups -OCH3 is 1. The van der Waals surface area contributed by atoms with Crippen molar-refractivity contribution >= 4 is 12.0 Å². The van der Waals surface area contributed by atoms with Gasteiger partial charge in [0.15, 0.2) is 0 Å². The SMILES string of the molecule is CCC1CC2CCCC2N1C(=O)[C@@H](NC(=O)OC)C1CCOCC1. The van der Waals surface area contributed by atoms with Crippen LogP contribution in [0.2, 0.25) is 0 Å². The third kappa shape index (κ3) is 3.39. The van der Waals surface area contributed by atoms with Gasteiger partial charge in [0.25, 0.3) is 0 Å². The van der Waals surface area contributed by atoms with Crippen LogP contribution in [-0.4, -0.2) is 55.3 Å². The van der Waals surface area contributed by atoms with E-state index in [-0.39, 0.29) is 11.8 Å². The molecule has 6 nitrogen and oxygen atoms in total. The van der Waals surface area contributed by atoms with Gasteiger partial charge >= 0.3 is 6.09 Å². The summed E-state index contributed by atoms with van der Waals surface area (Å²) in [4.78, 5) is 27.4. The van der Waals surface area contributed by atoms with E-state index in [2.05, 4.69) is 17.1 Å². The van der Waals surface area contributed by atoms with E-state index < -0.39 is 12.1 Å². The van der Waals surface area contributed by atoms with Gasteiger partial charge in [0.1, 0.15) is 6.04 Å². The van der Waals surface area contributed by atoms with Crippen molar-refractivity contribution in [3.05, 3.63) is 0 Å². The lowest BCUT2D eigenvalue weighted by Gasteiger charge is -2.37. The normalized spacial score (nSPS) is 31.6. The molecule has 0 aromatic heterocycles. The Morgan fingerprint density at radius 3 is 2.67 bits per heavy atom. The van der Waals surface area contributed by atoms with E-state index in [1.165, 1.54) is 20.0 Å². The van der Waals surface area contributed by atoms with Crippen molar-refractivity contribution in [2.24, 2.45) is 11.8 Å². The molecule has 2 saturated heterocycles. The molecule has 0 radical (unpaired) electrons. The number of nitrogens with one attached hydrogen (secondary N) is 1. The highest BCUT2D eigenvalue weighted by molar-refractivity contribution is 5.86. The molecule has 2 amide bonds. The molecule has 1 N–H and O–H groups in total. The number of nitrogens with zero attached hydrogens (tertiary/aromatic N) is 1. The number of rotatable bonds is 4. The second-order valence-corrected chi connectivity index (χ2v) is 7.37. The van der Waals surface area contributed by atoms with Gasteiger partial charge in [0.05, 0.1) is 7.11 Å². The summed E-state index contributed by atoms with van der Waals surface area (Å²) in [6.45, 7) is 3.46. The first-order valence-corrected chi connectivity index (χ1v) is 9.40. The van der Waals surface area contributed by atoms with Crippen LogP contribution in [0, 0.1) is 11.8 Å². The Morgan fingerprint density at radius 1 is 1.25 bits per heavy atom. The van der Waals surface area contributed by atoms with E-state index in [1.807, 2.05) is 0 Å². The molecule has 3 unspecified atom stereocenters. The Balaban J connectivity index is 1.79. The molecular formula is C18H30N2O4. The Bertz CT molecular complexity index is 464. The maximum Gasteiger partial charge on any atom is 0.407 e. The Morgan fingerprint density at radius 2 is 2.00 bits per heavy atom. The van der Waals surface area contributed by atoms with Gasteiger partial charge in [0, 0.05) is 25.3 Å². The van der Waals surface area contributed by atoms with Crippen LogP contribution < -0.4 is 5.32 Å². The summed E-state index contributed by atoms with van der Waals surface area (Å²) in [5.41, 5.74) is 0. The maximum absolute atomic E-state index is 13.4. The molecular weight excluding hydrogens is 308 g/mol. The number of likely N-dealkylation sites (tertiary alicyclic amines) is 1. The van der Waals surface area contributed by atoms with Gasteiger partial charge in [-0.25, -0.2) is 4.79 Å². The van der Waals surface area contributed by atoms with Crippen molar-refractivity contribution in [2.45, 2.75) is 70.0 Å². The first-order chi connectivity index (χ1) is 11.7. The molecule has 24 heavy (non-hydrogen) atoms. The van der Waals surface area contributed by atoms with E-state index >= 15 is 0 Å². The number of alkyl carbamates (subject to hydrolysis) is 1. The van der Waals surface area contributed by atoms with Crippen molar-refractivity contribution in [3.63, 3.8) is 0 Å². The third-order valence-corrected chi connectivity index (χ3v) is 6.13. The number of fused-ring (bicyclic) bond motifs is 1. The fraction of sp³-hybridized carbons (Fsp3) is 0.889. The lowest BCUT2D eigenvalue weighted by molar-refractivity contribution is -0.139. The Hall–Kier alpha value is -1.30. The number of hydrogen-bond donors (Lipinski definition) is 1. The summed E-state index contributed by atoms with van der Waals surface area (Å²) in [6.07, 6.45) is 6.74. The number of ether oxygens (including phenoxy) is 2. The molecule has 2 aliphatic heterocycles. The van der Waals surface area contributed by atoms with Crippen LogP contribution in [-0.2, 0) is 14.3 Å². The second-order valence-electron chi connectivity index (χ2n) is 7.37. The van der Waals surface area contributed by atoms with E-state index in [0.717, 1.165) is 32.1 Å². The second kappa shape index (κ2) is 7.72. The molecule has 0 bridgehead atoms. The number of hydrogen-bond acceptors (Lipinski definition) is 4. The van der Waals surface area contributed by atoms with Crippen LogP contribution in [0.4, 0.5) is 4.79 Å². The average molecular weight is 338 g/mol. The van der Waals surface area contributed by atoms with E-state index in [9.17, 15) is 9.59 Å². The summed E-state index contributed by atoms with van der Waals surface area (Å²) >= 11 is 0. The first kappa shape index (κ1) is 17.5. The highest BCUT2D eigenvalue weighted by Gasteiger charge is 2.47. The molecule has 6 heteroatoms. The molecule has 3 rings (SSSR count). The zero-order chi connectivity index (χ0) is 17.1. The van der Waals surface area contributed by atoms with Crippen molar-refractivity contribution in [2.75, 3.05) is 20.3 Å². The predicted molar refractivity (Wildman–Crippen MR) is 89.5 cm³/mol. The van der Waals surface area contributed by atoms with Crippen molar-refractivity contribution in [3.8, 4) is 0 Å². The van der Waals surface area contributed by atoms with Crippen molar-refractivity contribution in [1.82, 2.24) is 10.2 Å². The van der Waals surface area contributed by atoms with Crippen LogP contribution >= 0.6 is 0 Å². The topological polar surface area (TPSA) is 67.9 Å². The van der Waals surface area contributed by atoms with Gasteiger partial charge in [-0.3, -0.25) is 4.79 Å². The fourth-order valence-electron chi connectivity index (χ4n) is 4.88. The zero-order valence-electron chi connectivity index (χ0n) is 14.8. The van der Waals surface area contributed by atoms with Gasteiger partial charge < -0.3 is 19.7 Å². The largest absolute Gasteiger partial charge is 0.453 e. The quantitative estimate of drug-likeness (QED) is 0.854. The van der Waals surface area contributed by atoms with Crippen LogP contribution in [0.25, 0.3) is 0 Å². The predicted octanol–water partition coefficient (Wildman–Crippen LogP) is 2.32. The van der Waals surface area contributed by atoms with Gasteiger partial charge in [0.2, 0.25) is 5.91 Å². The Kier molecular flexibility index (Phi) is 5.64. The molecule has 0 aromatic rings. The minimum Gasteiger partial charge on any atom is -0.453 e. The monoisotopic (exact) mass is 338 g/mol. The van der Waals surface area contributed by atoms with Crippen LogP contribution in [0.1, 0.15) is 51.9 Å². The number of carbonyl (C=O) groups is 2. The molecule has 0 spiro atoms. The number of amides is 2. The maximum atomic E-state index is 13.4. The zero-order valence-corrected chi connectivity index (χ0v) is 14.8. The van der Waals surface area contributed by atoms with E-state index in [0.29, 0.717) is 31.2 Å². The summed E-state index contributed by atoms with van der Waals surface area (Å²) in [5, 5.41) is 2.83. The van der Waals surface area contributed by atoms with Gasteiger partial charge in [-0.15, -0.1) is 0 Å². The smallest absolute Gasteiger partial charge is 0.407 e. The fourth-order valence-corrected chi connectivity index (χ4v) is 4.88.